The van der Waals surface area contributed by atoms with E-state index in [0.29, 0.717) is 19.3 Å². The van der Waals surface area contributed by atoms with Gasteiger partial charge in [-0.3, -0.25) is 14.4 Å². The van der Waals surface area contributed by atoms with E-state index in [1.54, 1.807) is 0 Å². The van der Waals surface area contributed by atoms with Crippen molar-refractivity contribution < 1.29 is 28.6 Å². The Labute approximate surface area is 419 Å². The van der Waals surface area contributed by atoms with E-state index in [-0.39, 0.29) is 31.1 Å². The van der Waals surface area contributed by atoms with E-state index in [9.17, 15) is 14.4 Å². The van der Waals surface area contributed by atoms with Crippen molar-refractivity contribution in [1.29, 1.82) is 0 Å². The molecule has 0 spiro atoms. The molecule has 0 aromatic heterocycles. The fourth-order valence-electron chi connectivity index (χ4n) is 7.72. The number of carbonyl (C=O) groups is 3. The van der Waals surface area contributed by atoms with Crippen molar-refractivity contribution in [2.75, 3.05) is 13.2 Å². The van der Waals surface area contributed by atoms with Crippen molar-refractivity contribution in [3.05, 3.63) is 97.2 Å². The molecule has 0 aliphatic rings. The molecular formula is C62H104O6. The van der Waals surface area contributed by atoms with Crippen LogP contribution >= 0.6 is 0 Å². The zero-order chi connectivity index (χ0) is 49.3. The fourth-order valence-corrected chi connectivity index (χ4v) is 7.72. The second kappa shape index (κ2) is 55.9. The van der Waals surface area contributed by atoms with E-state index in [1.807, 2.05) is 24.3 Å². The van der Waals surface area contributed by atoms with E-state index >= 15 is 0 Å². The minimum Gasteiger partial charge on any atom is -0.462 e. The fraction of sp³-hybridized carbons (Fsp3) is 0.694. The standard InChI is InChI=1S/C62H104O6/c1-4-7-10-13-16-19-22-25-28-31-32-35-37-40-43-46-49-52-55-61(64)67-58-59(68-62(65)56-53-50-47-44-41-38-34-30-27-24-21-18-15-12-9-6-3)57-66-60(63)54-51-48-45-42-39-36-33-29-26-23-20-17-14-11-8-5-2/h9-10,12-13,16,18-19,21-22,25,27-28,30-32,35,59H,4-8,11,14-15,17,20,23-24,26,29,33-34,36-58H2,1-3H3/b12-9-,13-10-,19-16-,21-18-,25-22-,30-27-,31-28-,35-32-. The lowest BCUT2D eigenvalue weighted by Gasteiger charge is -2.18. The zero-order valence-corrected chi connectivity index (χ0v) is 44.3. The van der Waals surface area contributed by atoms with E-state index in [4.69, 9.17) is 14.2 Å². The van der Waals surface area contributed by atoms with Gasteiger partial charge in [-0.05, 0) is 70.6 Å². The van der Waals surface area contributed by atoms with Crippen LogP contribution in [0.3, 0.4) is 0 Å². The number of rotatable bonds is 50. The molecule has 0 fully saturated rings. The van der Waals surface area contributed by atoms with Gasteiger partial charge in [0.2, 0.25) is 0 Å². The largest absolute Gasteiger partial charge is 0.462 e. The van der Waals surface area contributed by atoms with Gasteiger partial charge in [0.1, 0.15) is 13.2 Å². The summed E-state index contributed by atoms with van der Waals surface area (Å²) in [6.45, 7) is 6.42. The predicted molar refractivity (Wildman–Crippen MR) is 293 cm³/mol. The third-order valence-corrected chi connectivity index (χ3v) is 11.9. The molecule has 0 heterocycles. The summed E-state index contributed by atoms with van der Waals surface area (Å²) in [7, 11) is 0. The Hall–Kier alpha value is -3.67. The smallest absolute Gasteiger partial charge is 0.306 e. The molecule has 68 heavy (non-hydrogen) atoms. The Morgan fingerprint density at radius 2 is 0.662 bits per heavy atom. The molecule has 0 radical (unpaired) electrons. The molecule has 0 bridgehead atoms. The minimum absolute atomic E-state index is 0.0902. The van der Waals surface area contributed by atoms with Gasteiger partial charge in [0, 0.05) is 19.3 Å². The van der Waals surface area contributed by atoms with Gasteiger partial charge >= 0.3 is 17.9 Å². The lowest BCUT2D eigenvalue weighted by Crippen LogP contribution is -2.30. The lowest BCUT2D eigenvalue weighted by atomic mass is 10.0. The SMILES string of the molecule is CC/C=C\C/C=C\C/C=C\CCCCCCCCC(=O)OC(COC(=O)CCCCCCC\C=C/C=C\C=C/C=C\C=C/CCC)COC(=O)CCCCCCCCCCCCCCCCCC. The van der Waals surface area contributed by atoms with Crippen LogP contribution in [-0.2, 0) is 28.6 Å². The molecule has 0 aromatic carbocycles. The molecule has 0 N–H and O–H groups in total. The van der Waals surface area contributed by atoms with E-state index in [2.05, 4.69) is 93.7 Å². The summed E-state index contributed by atoms with van der Waals surface area (Å²) in [5.41, 5.74) is 0. The number of esters is 3. The summed E-state index contributed by atoms with van der Waals surface area (Å²) in [6.07, 6.45) is 73.8. The highest BCUT2D eigenvalue weighted by Gasteiger charge is 2.19. The Balaban J connectivity index is 4.46. The van der Waals surface area contributed by atoms with Gasteiger partial charge in [0.25, 0.3) is 0 Å². The first-order valence-electron chi connectivity index (χ1n) is 28.3. The summed E-state index contributed by atoms with van der Waals surface area (Å²) < 4.78 is 16.8. The summed E-state index contributed by atoms with van der Waals surface area (Å²) in [5, 5.41) is 0. The summed E-state index contributed by atoms with van der Waals surface area (Å²) in [6, 6.07) is 0. The molecule has 0 aliphatic carbocycles. The van der Waals surface area contributed by atoms with Gasteiger partial charge in [0.05, 0.1) is 0 Å². The first-order chi connectivity index (χ1) is 33.5. The molecule has 6 heteroatoms. The molecule has 0 amide bonds. The summed E-state index contributed by atoms with van der Waals surface area (Å²) in [5.74, 6) is -0.924. The molecule has 0 aromatic rings. The van der Waals surface area contributed by atoms with Crippen molar-refractivity contribution in [3.8, 4) is 0 Å². The van der Waals surface area contributed by atoms with Crippen LogP contribution in [0, 0.1) is 0 Å². The molecule has 1 atom stereocenters. The van der Waals surface area contributed by atoms with Crippen molar-refractivity contribution in [3.63, 3.8) is 0 Å². The quantitative estimate of drug-likeness (QED) is 0.0199. The van der Waals surface area contributed by atoms with Crippen LogP contribution in [0.2, 0.25) is 0 Å². The third kappa shape index (κ3) is 53.3. The van der Waals surface area contributed by atoms with Crippen LogP contribution in [-0.4, -0.2) is 37.2 Å². The highest BCUT2D eigenvalue weighted by molar-refractivity contribution is 5.71. The number of hydrogen-bond donors (Lipinski definition) is 0. The maximum atomic E-state index is 12.8. The van der Waals surface area contributed by atoms with Gasteiger partial charge < -0.3 is 14.2 Å². The first-order valence-corrected chi connectivity index (χ1v) is 28.3. The number of hydrogen-bond acceptors (Lipinski definition) is 6. The predicted octanol–water partition coefficient (Wildman–Crippen LogP) is 18.9. The lowest BCUT2D eigenvalue weighted by molar-refractivity contribution is -0.167. The molecule has 1 unspecified atom stereocenters. The van der Waals surface area contributed by atoms with Gasteiger partial charge in [0.15, 0.2) is 6.10 Å². The Morgan fingerprint density at radius 1 is 0.324 bits per heavy atom. The molecule has 388 valence electrons. The molecule has 0 saturated heterocycles. The van der Waals surface area contributed by atoms with Crippen LogP contribution < -0.4 is 0 Å². The van der Waals surface area contributed by atoms with Crippen molar-refractivity contribution in [1.82, 2.24) is 0 Å². The van der Waals surface area contributed by atoms with E-state index in [0.717, 1.165) is 116 Å². The topological polar surface area (TPSA) is 78.9 Å². The third-order valence-electron chi connectivity index (χ3n) is 11.9. The summed E-state index contributed by atoms with van der Waals surface area (Å²) in [4.78, 5) is 38.2. The molecule has 0 rings (SSSR count). The van der Waals surface area contributed by atoms with Crippen LogP contribution in [0.25, 0.3) is 0 Å². The van der Waals surface area contributed by atoms with Gasteiger partial charge in [-0.15, -0.1) is 0 Å². The van der Waals surface area contributed by atoms with Crippen LogP contribution in [0.15, 0.2) is 97.2 Å². The monoisotopic (exact) mass is 945 g/mol. The Kier molecular flexibility index (Phi) is 52.9. The van der Waals surface area contributed by atoms with Crippen molar-refractivity contribution in [2.45, 2.75) is 264 Å². The second-order valence-corrected chi connectivity index (χ2v) is 18.6. The van der Waals surface area contributed by atoms with Crippen LogP contribution in [0.1, 0.15) is 258 Å². The van der Waals surface area contributed by atoms with Crippen LogP contribution in [0.5, 0.6) is 0 Å². The maximum absolute atomic E-state index is 12.8. The van der Waals surface area contributed by atoms with Crippen molar-refractivity contribution >= 4 is 17.9 Å². The van der Waals surface area contributed by atoms with Gasteiger partial charge in [-0.2, -0.15) is 0 Å². The normalized spacial score (nSPS) is 12.8. The molecule has 0 saturated carbocycles. The second-order valence-electron chi connectivity index (χ2n) is 18.6. The van der Waals surface area contributed by atoms with E-state index in [1.165, 1.54) is 103 Å². The number of ether oxygens (including phenoxy) is 3. The Bertz CT molecular complexity index is 1360. The molecule has 6 nitrogen and oxygen atoms in total. The maximum Gasteiger partial charge on any atom is 0.306 e. The van der Waals surface area contributed by atoms with Crippen LogP contribution in [0.4, 0.5) is 0 Å². The van der Waals surface area contributed by atoms with Crippen molar-refractivity contribution in [2.24, 2.45) is 0 Å². The molecular weight excluding hydrogens is 841 g/mol. The summed E-state index contributed by atoms with van der Waals surface area (Å²) >= 11 is 0. The average Bonchev–Trinajstić information content (AvgIpc) is 3.34. The zero-order valence-electron chi connectivity index (χ0n) is 44.3. The highest BCUT2D eigenvalue weighted by atomic mass is 16.6. The first kappa shape index (κ1) is 64.3. The number of allylic oxidation sites excluding steroid dienone is 16. The van der Waals surface area contributed by atoms with Gasteiger partial charge in [-0.25, -0.2) is 0 Å². The van der Waals surface area contributed by atoms with E-state index < -0.39 is 6.10 Å². The average molecular weight is 946 g/mol. The number of unbranched alkanes of at least 4 members (excludes halogenated alkanes) is 27. The minimum atomic E-state index is -0.795. The number of carbonyl (C=O) groups excluding carboxylic acids is 3. The highest BCUT2D eigenvalue weighted by Crippen LogP contribution is 2.16. The Morgan fingerprint density at radius 3 is 1.09 bits per heavy atom. The molecule has 0 aliphatic heterocycles. The van der Waals surface area contributed by atoms with Gasteiger partial charge in [-0.1, -0.05) is 266 Å².